The first kappa shape index (κ1) is 16.5. The molecular weight excluding hydrogens is 330 g/mol. The summed E-state index contributed by atoms with van der Waals surface area (Å²) in [5.74, 6) is -0.146. The first-order chi connectivity index (χ1) is 10.0. The first-order valence-corrected chi connectivity index (χ1v) is 9.25. The molecule has 7 heteroatoms. The lowest BCUT2D eigenvalue weighted by Gasteiger charge is -2.15. The van der Waals surface area contributed by atoms with Gasteiger partial charge < -0.3 is 4.74 Å². The van der Waals surface area contributed by atoms with Crippen molar-refractivity contribution in [2.45, 2.75) is 11.9 Å². The van der Waals surface area contributed by atoms with Crippen LogP contribution in [0.5, 0.6) is 0 Å². The predicted octanol–water partition coefficient (Wildman–Crippen LogP) is 3.21. The SMILES string of the molecule is CO[C@H](CNS(=O)(=O)Cc1ccccc1Cl)c1ccsc1. The van der Waals surface area contributed by atoms with Gasteiger partial charge in [0.1, 0.15) is 0 Å². The van der Waals surface area contributed by atoms with E-state index in [0.29, 0.717) is 10.6 Å². The van der Waals surface area contributed by atoms with Crippen molar-refractivity contribution >= 4 is 33.0 Å². The fourth-order valence-corrected chi connectivity index (χ4v) is 4.02. The van der Waals surface area contributed by atoms with Crippen LogP contribution in [0.25, 0.3) is 0 Å². The standard InChI is InChI=1S/C14H16ClNO3S2/c1-19-14(11-6-7-20-9-11)8-16-21(17,18)10-12-4-2-3-5-13(12)15/h2-7,9,14,16H,8,10H2,1H3/t14-/m1/s1. The van der Waals surface area contributed by atoms with E-state index in [0.717, 1.165) is 5.56 Å². The van der Waals surface area contributed by atoms with Crippen molar-refractivity contribution in [3.8, 4) is 0 Å². The van der Waals surface area contributed by atoms with Crippen molar-refractivity contribution in [3.05, 3.63) is 57.2 Å². The zero-order valence-electron chi connectivity index (χ0n) is 11.5. The molecule has 4 nitrogen and oxygen atoms in total. The average Bonchev–Trinajstić information content (AvgIpc) is 2.96. The van der Waals surface area contributed by atoms with Gasteiger partial charge in [0, 0.05) is 18.7 Å². The number of nitrogens with one attached hydrogen (secondary N) is 1. The molecule has 1 aromatic heterocycles. The molecule has 21 heavy (non-hydrogen) atoms. The highest BCUT2D eigenvalue weighted by Crippen LogP contribution is 2.20. The Hall–Kier alpha value is -0.920. The number of sulfonamides is 1. The fourth-order valence-electron chi connectivity index (χ4n) is 1.87. The summed E-state index contributed by atoms with van der Waals surface area (Å²) in [6.07, 6.45) is -0.294. The molecule has 0 amide bonds. The van der Waals surface area contributed by atoms with Crippen LogP contribution in [0, 0.1) is 0 Å². The molecule has 0 aliphatic rings. The second-order valence-corrected chi connectivity index (χ2v) is 7.47. The van der Waals surface area contributed by atoms with Crippen LogP contribution >= 0.6 is 22.9 Å². The Morgan fingerprint density at radius 1 is 1.33 bits per heavy atom. The van der Waals surface area contributed by atoms with Crippen LogP contribution in [-0.4, -0.2) is 22.1 Å². The van der Waals surface area contributed by atoms with E-state index < -0.39 is 10.0 Å². The van der Waals surface area contributed by atoms with Gasteiger partial charge in [0.2, 0.25) is 10.0 Å². The van der Waals surface area contributed by atoms with Crippen LogP contribution in [0.3, 0.4) is 0 Å². The zero-order valence-corrected chi connectivity index (χ0v) is 13.8. The molecule has 0 aliphatic carbocycles. The molecule has 1 N–H and O–H groups in total. The topological polar surface area (TPSA) is 55.4 Å². The van der Waals surface area contributed by atoms with Crippen molar-refractivity contribution < 1.29 is 13.2 Å². The van der Waals surface area contributed by atoms with E-state index in [1.807, 2.05) is 16.8 Å². The Labute approximate surface area is 133 Å². The number of halogens is 1. The third-order valence-corrected chi connectivity index (χ3v) is 5.36. The molecule has 0 unspecified atom stereocenters. The summed E-state index contributed by atoms with van der Waals surface area (Å²) >= 11 is 7.53. The van der Waals surface area contributed by atoms with Gasteiger partial charge in [0.25, 0.3) is 0 Å². The van der Waals surface area contributed by atoms with Crippen molar-refractivity contribution in [1.29, 1.82) is 0 Å². The maximum atomic E-state index is 12.1. The molecule has 0 fully saturated rings. The second kappa shape index (κ2) is 7.38. The Morgan fingerprint density at radius 2 is 2.10 bits per heavy atom. The lowest BCUT2D eigenvalue weighted by Crippen LogP contribution is -2.30. The number of rotatable bonds is 7. The van der Waals surface area contributed by atoms with Crippen molar-refractivity contribution in [3.63, 3.8) is 0 Å². The molecule has 2 aromatic rings. The molecule has 114 valence electrons. The van der Waals surface area contributed by atoms with E-state index >= 15 is 0 Å². The number of ether oxygens (including phenoxy) is 1. The normalized spacial score (nSPS) is 13.2. The van der Waals surface area contributed by atoms with Gasteiger partial charge in [-0.3, -0.25) is 0 Å². The summed E-state index contributed by atoms with van der Waals surface area (Å²) in [5, 5.41) is 4.32. The van der Waals surface area contributed by atoms with Crippen LogP contribution in [0.1, 0.15) is 17.2 Å². The van der Waals surface area contributed by atoms with Crippen LogP contribution < -0.4 is 4.72 Å². The smallest absolute Gasteiger partial charge is 0.215 e. The predicted molar refractivity (Wildman–Crippen MR) is 86.1 cm³/mol. The molecule has 0 aliphatic heterocycles. The molecule has 2 rings (SSSR count). The van der Waals surface area contributed by atoms with Crippen molar-refractivity contribution in [2.75, 3.05) is 13.7 Å². The van der Waals surface area contributed by atoms with E-state index in [1.165, 1.54) is 0 Å². The highest BCUT2D eigenvalue weighted by Gasteiger charge is 2.17. The molecule has 0 saturated heterocycles. The second-order valence-electron chi connectivity index (χ2n) is 4.48. The van der Waals surface area contributed by atoms with Gasteiger partial charge >= 0.3 is 0 Å². The van der Waals surface area contributed by atoms with Crippen LogP contribution in [0.4, 0.5) is 0 Å². The number of hydrogen-bond acceptors (Lipinski definition) is 4. The first-order valence-electron chi connectivity index (χ1n) is 6.27. The van der Waals surface area contributed by atoms with Gasteiger partial charge in [-0.25, -0.2) is 13.1 Å². The molecule has 0 bridgehead atoms. The summed E-state index contributed by atoms with van der Waals surface area (Å²) in [7, 11) is -1.90. The summed E-state index contributed by atoms with van der Waals surface area (Å²) in [5.41, 5.74) is 1.54. The molecular formula is C14H16ClNO3S2. The molecule has 1 aromatic carbocycles. The fraction of sp³-hybridized carbons (Fsp3) is 0.286. The van der Waals surface area contributed by atoms with Gasteiger partial charge in [0.05, 0.1) is 11.9 Å². The summed E-state index contributed by atoms with van der Waals surface area (Å²) < 4.78 is 32.1. The van der Waals surface area contributed by atoms with E-state index in [1.54, 1.807) is 42.7 Å². The van der Waals surface area contributed by atoms with E-state index in [-0.39, 0.29) is 18.4 Å². The van der Waals surface area contributed by atoms with Gasteiger partial charge in [-0.05, 0) is 34.0 Å². The monoisotopic (exact) mass is 345 g/mol. The van der Waals surface area contributed by atoms with Gasteiger partial charge in [-0.15, -0.1) is 0 Å². The van der Waals surface area contributed by atoms with Crippen LogP contribution in [0.15, 0.2) is 41.1 Å². The number of benzene rings is 1. The van der Waals surface area contributed by atoms with Gasteiger partial charge in [-0.1, -0.05) is 29.8 Å². The molecule has 0 saturated carbocycles. The molecule has 1 heterocycles. The molecule has 0 spiro atoms. The number of thiophene rings is 1. The van der Waals surface area contributed by atoms with E-state index in [9.17, 15) is 8.42 Å². The van der Waals surface area contributed by atoms with Gasteiger partial charge in [-0.2, -0.15) is 11.3 Å². The third kappa shape index (κ3) is 4.79. The Kier molecular flexibility index (Phi) is 5.78. The van der Waals surface area contributed by atoms with E-state index in [4.69, 9.17) is 16.3 Å². The van der Waals surface area contributed by atoms with Crippen molar-refractivity contribution in [1.82, 2.24) is 4.72 Å². The van der Waals surface area contributed by atoms with Gasteiger partial charge in [0.15, 0.2) is 0 Å². The van der Waals surface area contributed by atoms with Crippen LogP contribution in [0.2, 0.25) is 5.02 Å². The quantitative estimate of drug-likeness (QED) is 0.838. The number of methoxy groups -OCH3 is 1. The highest BCUT2D eigenvalue weighted by atomic mass is 35.5. The number of hydrogen-bond donors (Lipinski definition) is 1. The maximum absolute atomic E-state index is 12.1. The Morgan fingerprint density at radius 3 is 2.71 bits per heavy atom. The minimum absolute atomic E-state index is 0.146. The summed E-state index contributed by atoms with van der Waals surface area (Å²) in [6, 6.07) is 8.83. The largest absolute Gasteiger partial charge is 0.375 e. The minimum atomic E-state index is -3.46. The van der Waals surface area contributed by atoms with Crippen molar-refractivity contribution in [2.24, 2.45) is 0 Å². The Balaban J connectivity index is 2.00. The minimum Gasteiger partial charge on any atom is -0.375 e. The Bertz CT molecular complexity index is 671. The molecule has 0 radical (unpaired) electrons. The lowest BCUT2D eigenvalue weighted by atomic mass is 10.2. The third-order valence-electron chi connectivity index (χ3n) is 2.99. The maximum Gasteiger partial charge on any atom is 0.215 e. The summed E-state index contributed by atoms with van der Waals surface area (Å²) in [4.78, 5) is 0. The summed E-state index contributed by atoms with van der Waals surface area (Å²) in [6.45, 7) is 0.194. The molecule has 1 atom stereocenters. The van der Waals surface area contributed by atoms with E-state index in [2.05, 4.69) is 4.72 Å². The zero-order chi connectivity index (χ0) is 15.3. The lowest BCUT2D eigenvalue weighted by molar-refractivity contribution is 0.107. The highest BCUT2D eigenvalue weighted by molar-refractivity contribution is 7.88. The average molecular weight is 346 g/mol. The van der Waals surface area contributed by atoms with Crippen LogP contribution in [-0.2, 0) is 20.5 Å².